The lowest BCUT2D eigenvalue weighted by atomic mass is 10.2. The van der Waals surface area contributed by atoms with Gasteiger partial charge in [0.2, 0.25) is 29.1 Å². The zero-order valence-corrected chi connectivity index (χ0v) is 11.8. The number of anilines is 1. The fourth-order valence-corrected chi connectivity index (χ4v) is 1.94. The first-order chi connectivity index (χ1) is 9.82. The summed E-state index contributed by atoms with van der Waals surface area (Å²) < 4.78 is 71.0. The molecule has 0 unspecified atom stereocenters. The monoisotopic (exact) mass is 367 g/mol. The molecule has 0 aliphatic carbocycles. The Labute approximate surface area is 124 Å². The highest BCUT2D eigenvalue weighted by Crippen LogP contribution is 2.30. The van der Waals surface area contributed by atoms with E-state index in [0.717, 1.165) is 0 Å². The molecular formula is C13H7BrF5NO. The molecule has 0 saturated heterocycles. The summed E-state index contributed by atoms with van der Waals surface area (Å²) in [6.45, 7) is -0.447. The lowest BCUT2D eigenvalue weighted by Crippen LogP contribution is -2.08. The molecule has 0 saturated carbocycles. The maximum absolute atomic E-state index is 13.4. The van der Waals surface area contributed by atoms with E-state index in [9.17, 15) is 22.0 Å². The molecule has 2 aromatic rings. The van der Waals surface area contributed by atoms with Gasteiger partial charge in [-0.05, 0) is 12.1 Å². The van der Waals surface area contributed by atoms with E-state index in [0.29, 0.717) is 10.0 Å². The van der Waals surface area contributed by atoms with Gasteiger partial charge in [0.25, 0.3) is 0 Å². The highest BCUT2D eigenvalue weighted by molar-refractivity contribution is 9.10. The minimum absolute atomic E-state index is 0.244. The summed E-state index contributed by atoms with van der Waals surface area (Å²) >= 11 is 3.16. The van der Waals surface area contributed by atoms with Crippen molar-refractivity contribution in [3.05, 3.63) is 57.3 Å². The Morgan fingerprint density at radius 2 is 1.43 bits per heavy atom. The van der Waals surface area contributed by atoms with Crippen LogP contribution in [0, 0.1) is 29.1 Å². The predicted octanol–water partition coefficient (Wildman–Crippen LogP) is 4.31. The van der Waals surface area contributed by atoms with E-state index in [1.165, 1.54) is 12.1 Å². The van der Waals surface area contributed by atoms with Gasteiger partial charge in [0.15, 0.2) is 5.75 Å². The van der Waals surface area contributed by atoms with Gasteiger partial charge in [0, 0.05) is 15.7 Å². The number of halogens is 6. The van der Waals surface area contributed by atoms with Gasteiger partial charge in [-0.2, -0.15) is 8.78 Å². The van der Waals surface area contributed by atoms with Gasteiger partial charge >= 0.3 is 0 Å². The summed E-state index contributed by atoms with van der Waals surface area (Å²) in [5.74, 6) is -11.8. The van der Waals surface area contributed by atoms with Crippen LogP contribution in [0.2, 0.25) is 0 Å². The van der Waals surface area contributed by atoms with E-state index >= 15 is 0 Å². The number of hydrogen-bond donors (Lipinski definition) is 1. The number of nitrogen functional groups attached to an aromatic ring is 1. The second-order valence-electron chi connectivity index (χ2n) is 4.03. The van der Waals surface area contributed by atoms with Crippen LogP contribution in [0.25, 0.3) is 0 Å². The minimum atomic E-state index is -2.24. The first-order valence-electron chi connectivity index (χ1n) is 5.51. The average Bonchev–Trinajstić information content (AvgIpc) is 2.45. The second-order valence-corrected chi connectivity index (χ2v) is 4.95. The van der Waals surface area contributed by atoms with Crippen LogP contribution in [0.15, 0.2) is 22.7 Å². The summed E-state index contributed by atoms with van der Waals surface area (Å²) in [7, 11) is 0. The van der Waals surface area contributed by atoms with Crippen molar-refractivity contribution in [1.29, 1.82) is 0 Å². The molecule has 2 aromatic carbocycles. The normalized spacial score (nSPS) is 10.8. The number of benzene rings is 2. The Kier molecular flexibility index (Phi) is 4.36. The number of nitrogens with two attached hydrogens (primary N) is 1. The lowest BCUT2D eigenvalue weighted by Gasteiger charge is -2.11. The topological polar surface area (TPSA) is 35.2 Å². The molecule has 0 amide bonds. The largest absolute Gasteiger partial charge is 0.483 e. The molecule has 8 heteroatoms. The zero-order valence-electron chi connectivity index (χ0n) is 10.2. The molecule has 0 spiro atoms. The summed E-state index contributed by atoms with van der Waals surface area (Å²) in [6, 6.07) is 4.59. The van der Waals surface area contributed by atoms with Crippen molar-refractivity contribution in [3.8, 4) is 5.75 Å². The quantitative estimate of drug-likeness (QED) is 0.379. The highest BCUT2D eigenvalue weighted by Gasteiger charge is 2.27. The van der Waals surface area contributed by atoms with Crippen molar-refractivity contribution in [1.82, 2.24) is 0 Å². The molecule has 2 rings (SSSR count). The third-order valence-corrected chi connectivity index (χ3v) is 3.14. The molecule has 112 valence electrons. The maximum Gasteiger partial charge on any atom is 0.207 e. The Morgan fingerprint density at radius 1 is 0.905 bits per heavy atom. The molecule has 2 N–H and O–H groups in total. The fourth-order valence-electron chi connectivity index (χ4n) is 1.56. The summed E-state index contributed by atoms with van der Waals surface area (Å²) in [5.41, 5.74) is 6.22. The van der Waals surface area contributed by atoms with Crippen molar-refractivity contribution in [2.45, 2.75) is 6.61 Å². The molecule has 0 aliphatic rings. The smallest absolute Gasteiger partial charge is 0.207 e. The third-order valence-electron chi connectivity index (χ3n) is 2.65. The molecule has 2 nitrogen and oxygen atoms in total. The molecular weight excluding hydrogens is 361 g/mol. The van der Waals surface area contributed by atoms with Crippen LogP contribution >= 0.6 is 15.9 Å². The summed E-state index contributed by atoms with van der Waals surface area (Å²) in [5, 5.41) is 0. The summed E-state index contributed by atoms with van der Waals surface area (Å²) in [4.78, 5) is 0. The molecule has 0 atom stereocenters. The van der Waals surface area contributed by atoms with Crippen molar-refractivity contribution >= 4 is 21.6 Å². The third kappa shape index (κ3) is 2.94. The number of hydrogen-bond acceptors (Lipinski definition) is 2. The molecule has 0 radical (unpaired) electrons. The standard InChI is InChI=1S/C13H7BrF5NO/c14-6-2-1-5(7(20)3-6)4-21-13-11(18)9(16)8(15)10(17)12(13)19/h1-3H,4,20H2. The molecule has 21 heavy (non-hydrogen) atoms. The fraction of sp³-hybridized carbons (Fsp3) is 0.0769. The second kappa shape index (κ2) is 5.88. The van der Waals surface area contributed by atoms with E-state index < -0.39 is 41.4 Å². The van der Waals surface area contributed by atoms with E-state index in [1.807, 2.05) is 0 Å². The molecule has 0 fully saturated rings. The minimum Gasteiger partial charge on any atom is -0.483 e. The SMILES string of the molecule is Nc1cc(Br)ccc1COc1c(F)c(F)c(F)c(F)c1F. The van der Waals surface area contributed by atoms with Crippen LogP contribution in [0.4, 0.5) is 27.6 Å². The van der Waals surface area contributed by atoms with Crippen LogP contribution in [-0.2, 0) is 6.61 Å². The molecule has 0 heterocycles. The first kappa shape index (κ1) is 15.6. The number of ether oxygens (including phenoxy) is 1. The molecule has 0 aliphatic heterocycles. The van der Waals surface area contributed by atoms with Crippen LogP contribution in [0.5, 0.6) is 5.75 Å². The zero-order chi connectivity index (χ0) is 15.7. The van der Waals surface area contributed by atoms with Crippen LogP contribution < -0.4 is 10.5 Å². The van der Waals surface area contributed by atoms with Gasteiger partial charge in [0.1, 0.15) is 6.61 Å². The van der Waals surface area contributed by atoms with Gasteiger partial charge in [0.05, 0.1) is 0 Å². The highest BCUT2D eigenvalue weighted by atomic mass is 79.9. The maximum atomic E-state index is 13.4. The van der Waals surface area contributed by atoms with Gasteiger partial charge in [-0.3, -0.25) is 0 Å². The lowest BCUT2D eigenvalue weighted by molar-refractivity contribution is 0.254. The summed E-state index contributed by atoms with van der Waals surface area (Å²) in [6.07, 6.45) is 0. The van der Waals surface area contributed by atoms with Gasteiger partial charge in [-0.25, -0.2) is 13.2 Å². The Hall–Kier alpha value is -1.83. The Bertz CT molecular complexity index is 678. The van der Waals surface area contributed by atoms with Crippen molar-refractivity contribution in [3.63, 3.8) is 0 Å². The molecule has 0 bridgehead atoms. The Balaban J connectivity index is 2.32. The average molecular weight is 368 g/mol. The predicted molar refractivity (Wildman–Crippen MR) is 69.1 cm³/mol. The van der Waals surface area contributed by atoms with E-state index in [2.05, 4.69) is 15.9 Å². The van der Waals surface area contributed by atoms with E-state index in [-0.39, 0.29) is 5.69 Å². The Morgan fingerprint density at radius 3 is 1.95 bits per heavy atom. The van der Waals surface area contributed by atoms with Crippen LogP contribution in [0.3, 0.4) is 0 Å². The van der Waals surface area contributed by atoms with E-state index in [1.54, 1.807) is 6.07 Å². The van der Waals surface area contributed by atoms with Crippen LogP contribution in [-0.4, -0.2) is 0 Å². The van der Waals surface area contributed by atoms with Crippen molar-refractivity contribution < 1.29 is 26.7 Å². The van der Waals surface area contributed by atoms with Crippen molar-refractivity contribution in [2.75, 3.05) is 5.73 Å². The first-order valence-corrected chi connectivity index (χ1v) is 6.30. The van der Waals surface area contributed by atoms with Crippen LogP contribution in [0.1, 0.15) is 5.56 Å². The van der Waals surface area contributed by atoms with Crippen molar-refractivity contribution in [2.24, 2.45) is 0 Å². The van der Waals surface area contributed by atoms with Gasteiger partial charge in [-0.15, -0.1) is 0 Å². The number of rotatable bonds is 3. The van der Waals surface area contributed by atoms with Gasteiger partial charge < -0.3 is 10.5 Å². The van der Waals surface area contributed by atoms with Gasteiger partial charge in [-0.1, -0.05) is 22.0 Å². The molecule has 0 aromatic heterocycles. The van der Waals surface area contributed by atoms with E-state index in [4.69, 9.17) is 10.5 Å².